The van der Waals surface area contributed by atoms with Crippen molar-refractivity contribution < 1.29 is 9.53 Å². The maximum absolute atomic E-state index is 12.4. The molecule has 4 aromatic rings. The molecule has 0 aliphatic rings. The zero-order valence-electron chi connectivity index (χ0n) is 18.5. The molecule has 4 rings (SSSR count). The summed E-state index contributed by atoms with van der Waals surface area (Å²) >= 11 is 0. The Morgan fingerprint density at radius 1 is 0.969 bits per heavy atom. The second kappa shape index (κ2) is 10.6. The van der Waals surface area contributed by atoms with Gasteiger partial charge in [0.15, 0.2) is 0 Å². The van der Waals surface area contributed by atoms with Crippen LogP contribution in [0.3, 0.4) is 0 Å². The fourth-order valence-electron chi connectivity index (χ4n) is 3.73. The van der Waals surface area contributed by atoms with Crippen LogP contribution in [0.15, 0.2) is 78.9 Å². The minimum absolute atomic E-state index is 0.0372. The molecule has 5 nitrogen and oxygen atoms in total. The maximum atomic E-state index is 12.4. The first-order chi connectivity index (χ1) is 15.7. The summed E-state index contributed by atoms with van der Waals surface area (Å²) in [6.07, 6.45) is 2.05. The van der Waals surface area contributed by atoms with Crippen LogP contribution in [0.4, 0.5) is 0 Å². The van der Waals surface area contributed by atoms with Crippen molar-refractivity contribution in [1.29, 1.82) is 0 Å². The summed E-state index contributed by atoms with van der Waals surface area (Å²) in [5.74, 6) is 1.79. The Hall–Kier alpha value is -3.60. The lowest BCUT2D eigenvalue weighted by Gasteiger charge is -2.11. The van der Waals surface area contributed by atoms with Crippen LogP contribution >= 0.6 is 0 Å². The van der Waals surface area contributed by atoms with E-state index in [0.29, 0.717) is 19.6 Å². The third-order valence-electron chi connectivity index (χ3n) is 5.48. The first-order valence-electron chi connectivity index (χ1n) is 11.1. The number of ether oxygens (including phenoxy) is 1. The molecule has 0 saturated heterocycles. The van der Waals surface area contributed by atoms with Crippen molar-refractivity contribution in [1.82, 2.24) is 14.9 Å². The number of nitrogens with zero attached hydrogens (tertiary/aromatic N) is 2. The van der Waals surface area contributed by atoms with Gasteiger partial charge in [0.05, 0.1) is 24.2 Å². The molecule has 0 saturated carbocycles. The largest absolute Gasteiger partial charge is 0.494 e. The van der Waals surface area contributed by atoms with Crippen LogP contribution in [0.2, 0.25) is 0 Å². The molecule has 32 heavy (non-hydrogen) atoms. The van der Waals surface area contributed by atoms with Crippen molar-refractivity contribution in [3.63, 3.8) is 0 Å². The van der Waals surface area contributed by atoms with Crippen LogP contribution in [0.5, 0.6) is 5.75 Å². The summed E-state index contributed by atoms with van der Waals surface area (Å²) in [5.41, 5.74) is 4.41. The van der Waals surface area contributed by atoms with Crippen molar-refractivity contribution in [2.24, 2.45) is 0 Å². The molecule has 3 aromatic carbocycles. The molecule has 0 unspecified atom stereocenters. The fraction of sp³-hybridized carbons (Fsp3) is 0.259. The topological polar surface area (TPSA) is 56.1 Å². The molecule has 1 amide bonds. The number of carbonyl (C=O) groups excluding carboxylic acids is 1. The first kappa shape index (κ1) is 21.6. The number of hydrogen-bond acceptors (Lipinski definition) is 3. The summed E-state index contributed by atoms with van der Waals surface area (Å²) in [5, 5.41) is 3.04. The highest BCUT2D eigenvalue weighted by Crippen LogP contribution is 2.17. The van der Waals surface area contributed by atoms with Gasteiger partial charge in [0.1, 0.15) is 11.6 Å². The monoisotopic (exact) mass is 427 g/mol. The van der Waals surface area contributed by atoms with E-state index in [4.69, 9.17) is 9.72 Å². The van der Waals surface area contributed by atoms with Crippen LogP contribution in [0.1, 0.15) is 29.8 Å². The zero-order chi connectivity index (χ0) is 22.2. The van der Waals surface area contributed by atoms with Gasteiger partial charge in [0, 0.05) is 13.0 Å². The molecule has 5 heteroatoms. The Morgan fingerprint density at radius 2 is 1.72 bits per heavy atom. The van der Waals surface area contributed by atoms with E-state index in [1.807, 2.05) is 60.7 Å². The molecule has 0 fully saturated rings. The normalized spacial score (nSPS) is 10.9. The number of rotatable bonds is 10. The Labute approximate surface area is 189 Å². The second-order valence-electron chi connectivity index (χ2n) is 7.95. The predicted molar refractivity (Wildman–Crippen MR) is 128 cm³/mol. The minimum atomic E-state index is 0.0372. The molecule has 0 aliphatic heterocycles. The van der Waals surface area contributed by atoms with Gasteiger partial charge in [-0.15, -0.1) is 0 Å². The molecule has 0 atom stereocenters. The molecular formula is C27H29N3O2. The molecule has 1 heterocycles. The number of amides is 1. The molecule has 164 valence electrons. The molecule has 0 bridgehead atoms. The van der Waals surface area contributed by atoms with E-state index in [9.17, 15) is 4.79 Å². The molecule has 1 N–H and O–H groups in total. The lowest BCUT2D eigenvalue weighted by atomic mass is 10.1. The van der Waals surface area contributed by atoms with Crippen LogP contribution < -0.4 is 10.1 Å². The Bertz CT molecular complexity index is 1150. The molecule has 0 spiro atoms. The van der Waals surface area contributed by atoms with E-state index < -0.39 is 0 Å². The summed E-state index contributed by atoms with van der Waals surface area (Å²) in [6.45, 7) is 3.89. The van der Waals surface area contributed by atoms with Crippen LogP contribution in [-0.4, -0.2) is 22.1 Å². The van der Waals surface area contributed by atoms with Crippen molar-refractivity contribution >= 4 is 16.9 Å². The van der Waals surface area contributed by atoms with Crippen LogP contribution in [0.25, 0.3) is 11.0 Å². The van der Waals surface area contributed by atoms with E-state index in [2.05, 4.69) is 35.0 Å². The SMILES string of the molecule is Cc1ccc(OCCCn2c(CNC(=O)CCc3ccccc3)nc3ccccc32)cc1. The average Bonchev–Trinajstić information content (AvgIpc) is 3.18. The summed E-state index contributed by atoms with van der Waals surface area (Å²) in [6, 6.07) is 26.3. The highest BCUT2D eigenvalue weighted by Gasteiger charge is 2.12. The highest BCUT2D eigenvalue weighted by atomic mass is 16.5. The van der Waals surface area contributed by atoms with E-state index in [1.54, 1.807) is 0 Å². The quantitative estimate of drug-likeness (QED) is 0.360. The molecule has 0 aliphatic carbocycles. The van der Waals surface area contributed by atoms with Crippen LogP contribution in [0, 0.1) is 6.92 Å². The maximum Gasteiger partial charge on any atom is 0.220 e. The number of para-hydroxylation sites is 2. The number of benzene rings is 3. The summed E-state index contributed by atoms with van der Waals surface area (Å²) in [7, 11) is 0. The third-order valence-corrected chi connectivity index (χ3v) is 5.48. The van der Waals surface area contributed by atoms with Crippen LogP contribution in [-0.2, 0) is 24.3 Å². The minimum Gasteiger partial charge on any atom is -0.494 e. The summed E-state index contributed by atoms with van der Waals surface area (Å²) < 4.78 is 8.07. The van der Waals surface area contributed by atoms with E-state index in [-0.39, 0.29) is 5.91 Å². The molecule has 1 aromatic heterocycles. The van der Waals surface area contributed by atoms with Gasteiger partial charge >= 0.3 is 0 Å². The van der Waals surface area contributed by atoms with Gasteiger partial charge in [-0.1, -0.05) is 60.2 Å². The van der Waals surface area contributed by atoms with Crippen molar-refractivity contribution in [2.75, 3.05) is 6.61 Å². The Morgan fingerprint density at radius 3 is 2.53 bits per heavy atom. The zero-order valence-corrected chi connectivity index (χ0v) is 18.5. The smallest absolute Gasteiger partial charge is 0.220 e. The van der Waals surface area contributed by atoms with Gasteiger partial charge in [-0.2, -0.15) is 0 Å². The first-order valence-corrected chi connectivity index (χ1v) is 11.1. The van der Waals surface area contributed by atoms with Crippen molar-refractivity contribution in [2.45, 2.75) is 39.3 Å². The number of imidazole rings is 1. The third kappa shape index (κ3) is 5.76. The number of aromatic nitrogens is 2. The lowest BCUT2D eigenvalue weighted by Crippen LogP contribution is -2.25. The standard InChI is InChI=1S/C27H29N3O2/c1-21-12-15-23(16-13-21)32-19-7-18-30-25-11-6-5-10-24(25)29-26(30)20-28-27(31)17-14-22-8-3-2-4-9-22/h2-6,8-13,15-16H,7,14,17-20H2,1H3,(H,28,31). The lowest BCUT2D eigenvalue weighted by molar-refractivity contribution is -0.121. The van der Waals surface area contributed by atoms with E-state index >= 15 is 0 Å². The average molecular weight is 428 g/mol. The van der Waals surface area contributed by atoms with Gasteiger partial charge in [-0.3, -0.25) is 4.79 Å². The number of carbonyl (C=O) groups is 1. The predicted octanol–water partition coefficient (Wildman–Crippen LogP) is 5.06. The van der Waals surface area contributed by atoms with Gasteiger partial charge < -0.3 is 14.6 Å². The van der Waals surface area contributed by atoms with Crippen molar-refractivity contribution in [3.05, 3.63) is 95.8 Å². The second-order valence-corrected chi connectivity index (χ2v) is 7.95. The Balaban J connectivity index is 1.34. The Kier molecular flexibility index (Phi) is 7.18. The van der Waals surface area contributed by atoms with E-state index in [0.717, 1.165) is 42.0 Å². The number of fused-ring (bicyclic) bond motifs is 1. The number of hydrogen-bond donors (Lipinski definition) is 1. The van der Waals surface area contributed by atoms with Gasteiger partial charge in [-0.25, -0.2) is 4.98 Å². The molecule has 0 radical (unpaired) electrons. The summed E-state index contributed by atoms with van der Waals surface area (Å²) in [4.78, 5) is 17.1. The number of aryl methyl sites for hydroxylation is 3. The van der Waals surface area contributed by atoms with Gasteiger partial charge in [0.25, 0.3) is 0 Å². The van der Waals surface area contributed by atoms with Crippen molar-refractivity contribution in [3.8, 4) is 5.75 Å². The highest BCUT2D eigenvalue weighted by molar-refractivity contribution is 5.77. The fourth-order valence-corrected chi connectivity index (χ4v) is 3.73. The number of nitrogens with one attached hydrogen (secondary N) is 1. The van der Waals surface area contributed by atoms with Gasteiger partial charge in [0.2, 0.25) is 5.91 Å². The van der Waals surface area contributed by atoms with Gasteiger partial charge in [-0.05, 0) is 49.6 Å². The molecular weight excluding hydrogens is 398 g/mol. The van der Waals surface area contributed by atoms with E-state index in [1.165, 1.54) is 11.1 Å².